The van der Waals surface area contributed by atoms with Crippen molar-refractivity contribution >= 4 is 5.91 Å². The molecule has 1 heterocycles. The Kier molecular flexibility index (Phi) is 3.59. The molecule has 0 aromatic carbocycles. The number of rotatable bonds is 1. The highest BCUT2D eigenvalue weighted by atomic mass is 16.2. The van der Waals surface area contributed by atoms with Gasteiger partial charge in [0.1, 0.15) is 0 Å². The SMILES string of the molecule is CC1(C(=O)N2CCNCC23CCCCC3)CCCC1. The molecule has 2 saturated carbocycles. The summed E-state index contributed by atoms with van der Waals surface area (Å²) in [6.07, 6.45) is 11.0. The monoisotopic (exact) mass is 264 g/mol. The van der Waals surface area contributed by atoms with Gasteiger partial charge in [-0.2, -0.15) is 0 Å². The topological polar surface area (TPSA) is 32.3 Å². The molecule has 1 amide bonds. The van der Waals surface area contributed by atoms with Crippen LogP contribution in [-0.4, -0.2) is 36.0 Å². The third-order valence-corrected chi connectivity index (χ3v) is 5.79. The minimum Gasteiger partial charge on any atom is -0.334 e. The van der Waals surface area contributed by atoms with E-state index in [4.69, 9.17) is 0 Å². The summed E-state index contributed by atoms with van der Waals surface area (Å²) in [5.74, 6) is 0.466. The summed E-state index contributed by atoms with van der Waals surface area (Å²) in [6, 6.07) is 0. The first-order chi connectivity index (χ1) is 9.16. The molecule has 0 aromatic heterocycles. The van der Waals surface area contributed by atoms with Crippen molar-refractivity contribution in [3.63, 3.8) is 0 Å². The number of hydrogen-bond donors (Lipinski definition) is 1. The Morgan fingerprint density at radius 3 is 2.32 bits per heavy atom. The van der Waals surface area contributed by atoms with E-state index in [0.29, 0.717) is 5.91 Å². The molecule has 3 rings (SSSR count). The average molecular weight is 264 g/mol. The molecule has 0 radical (unpaired) electrons. The Morgan fingerprint density at radius 1 is 1.00 bits per heavy atom. The number of hydrogen-bond acceptors (Lipinski definition) is 2. The van der Waals surface area contributed by atoms with Gasteiger partial charge in [0.2, 0.25) is 5.91 Å². The van der Waals surface area contributed by atoms with Gasteiger partial charge < -0.3 is 10.2 Å². The first kappa shape index (κ1) is 13.4. The Labute approximate surface area is 117 Å². The second-order valence-electron chi connectivity index (χ2n) is 7.19. The van der Waals surface area contributed by atoms with E-state index in [0.717, 1.165) is 32.5 Å². The van der Waals surface area contributed by atoms with Gasteiger partial charge in [0.05, 0.1) is 5.54 Å². The fourth-order valence-corrected chi connectivity index (χ4v) is 4.51. The Morgan fingerprint density at radius 2 is 1.63 bits per heavy atom. The fourth-order valence-electron chi connectivity index (χ4n) is 4.51. The summed E-state index contributed by atoms with van der Waals surface area (Å²) in [5, 5.41) is 3.54. The Hall–Kier alpha value is -0.570. The Balaban J connectivity index is 1.81. The lowest BCUT2D eigenvalue weighted by Gasteiger charge is -2.52. The van der Waals surface area contributed by atoms with Crippen LogP contribution in [0.5, 0.6) is 0 Å². The summed E-state index contributed by atoms with van der Waals surface area (Å²) in [7, 11) is 0. The van der Waals surface area contributed by atoms with E-state index in [1.54, 1.807) is 0 Å². The van der Waals surface area contributed by atoms with Crippen LogP contribution in [0, 0.1) is 5.41 Å². The van der Waals surface area contributed by atoms with Gasteiger partial charge in [0, 0.05) is 25.0 Å². The highest BCUT2D eigenvalue weighted by Crippen LogP contribution is 2.43. The number of piperazine rings is 1. The predicted molar refractivity (Wildman–Crippen MR) is 77.0 cm³/mol. The third-order valence-electron chi connectivity index (χ3n) is 5.79. The van der Waals surface area contributed by atoms with Crippen molar-refractivity contribution in [2.45, 2.75) is 70.3 Å². The molecule has 3 heteroatoms. The van der Waals surface area contributed by atoms with Crippen LogP contribution in [0.15, 0.2) is 0 Å². The molecule has 1 N–H and O–H groups in total. The molecule has 1 aliphatic heterocycles. The van der Waals surface area contributed by atoms with E-state index in [1.807, 2.05) is 0 Å². The maximum atomic E-state index is 13.1. The molecule has 2 aliphatic carbocycles. The van der Waals surface area contributed by atoms with Gasteiger partial charge in [-0.3, -0.25) is 4.79 Å². The molecule has 0 bridgehead atoms. The summed E-state index contributed by atoms with van der Waals surface area (Å²) in [6.45, 7) is 5.13. The van der Waals surface area contributed by atoms with E-state index in [1.165, 1.54) is 44.9 Å². The average Bonchev–Trinajstić information content (AvgIpc) is 2.88. The predicted octanol–water partition coefficient (Wildman–Crippen LogP) is 2.70. The molecule has 108 valence electrons. The van der Waals surface area contributed by atoms with E-state index in [-0.39, 0.29) is 11.0 Å². The van der Waals surface area contributed by atoms with Crippen molar-refractivity contribution in [2.24, 2.45) is 5.41 Å². The van der Waals surface area contributed by atoms with Crippen molar-refractivity contribution < 1.29 is 4.79 Å². The molecule has 0 aromatic rings. The van der Waals surface area contributed by atoms with E-state index < -0.39 is 0 Å². The van der Waals surface area contributed by atoms with Crippen LogP contribution in [0.4, 0.5) is 0 Å². The molecular formula is C16H28N2O. The second-order valence-corrected chi connectivity index (χ2v) is 7.19. The van der Waals surface area contributed by atoms with Crippen molar-refractivity contribution in [3.8, 4) is 0 Å². The van der Waals surface area contributed by atoms with Crippen LogP contribution in [0.2, 0.25) is 0 Å². The van der Waals surface area contributed by atoms with Gasteiger partial charge in [-0.05, 0) is 25.7 Å². The largest absolute Gasteiger partial charge is 0.334 e. The molecule has 1 saturated heterocycles. The van der Waals surface area contributed by atoms with Gasteiger partial charge in [-0.15, -0.1) is 0 Å². The quantitative estimate of drug-likeness (QED) is 0.790. The molecule has 1 spiro atoms. The summed E-state index contributed by atoms with van der Waals surface area (Å²) in [5.41, 5.74) is 0.0982. The maximum absolute atomic E-state index is 13.1. The van der Waals surface area contributed by atoms with Crippen LogP contribution >= 0.6 is 0 Å². The van der Waals surface area contributed by atoms with Crippen molar-refractivity contribution in [2.75, 3.05) is 19.6 Å². The summed E-state index contributed by atoms with van der Waals surface area (Å²) >= 11 is 0. The van der Waals surface area contributed by atoms with Gasteiger partial charge in [-0.1, -0.05) is 39.0 Å². The molecule has 3 aliphatic rings. The lowest BCUT2D eigenvalue weighted by Crippen LogP contribution is -2.65. The highest BCUT2D eigenvalue weighted by Gasteiger charge is 2.48. The highest BCUT2D eigenvalue weighted by molar-refractivity contribution is 5.83. The summed E-state index contributed by atoms with van der Waals surface area (Å²) < 4.78 is 0. The first-order valence-electron chi connectivity index (χ1n) is 8.19. The Bertz CT molecular complexity index is 332. The minimum atomic E-state index is -0.0538. The van der Waals surface area contributed by atoms with Crippen LogP contribution in [0.3, 0.4) is 0 Å². The van der Waals surface area contributed by atoms with Crippen molar-refractivity contribution in [1.29, 1.82) is 0 Å². The molecule has 3 nitrogen and oxygen atoms in total. The standard InChI is InChI=1S/C16H28N2O/c1-15(7-5-6-8-15)14(19)18-12-11-17-13-16(18)9-3-2-4-10-16/h17H,2-13H2,1H3. The van der Waals surface area contributed by atoms with Gasteiger partial charge in [0.15, 0.2) is 0 Å². The zero-order chi connectivity index (χ0) is 13.3. The maximum Gasteiger partial charge on any atom is 0.229 e. The normalized spacial score (nSPS) is 29.6. The number of nitrogens with one attached hydrogen (secondary N) is 1. The second kappa shape index (κ2) is 5.08. The van der Waals surface area contributed by atoms with Gasteiger partial charge >= 0.3 is 0 Å². The zero-order valence-electron chi connectivity index (χ0n) is 12.3. The molecule has 3 fully saturated rings. The van der Waals surface area contributed by atoms with Crippen LogP contribution in [0.25, 0.3) is 0 Å². The number of carbonyl (C=O) groups is 1. The van der Waals surface area contributed by atoms with Crippen molar-refractivity contribution in [1.82, 2.24) is 10.2 Å². The van der Waals surface area contributed by atoms with E-state index in [2.05, 4.69) is 17.1 Å². The first-order valence-corrected chi connectivity index (χ1v) is 8.19. The molecular weight excluding hydrogens is 236 g/mol. The smallest absolute Gasteiger partial charge is 0.229 e. The number of carbonyl (C=O) groups excluding carboxylic acids is 1. The van der Waals surface area contributed by atoms with Crippen LogP contribution < -0.4 is 5.32 Å². The lowest BCUT2D eigenvalue weighted by molar-refractivity contribution is -0.151. The minimum absolute atomic E-state index is 0.0538. The third kappa shape index (κ3) is 2.31. The van der Waals surface area contributed by atoms with E-state index >= 15 is 0 Å². The van der Waals surface area contributed by atoms with Crippen LogP contribution in [-0.2, 0) is 4.79 Å². The lowest BCUT2D eigenvalue weighted by atomic mass is 9.76. The zero-order valence-corrected chi connectivity index (χ0v) is 12.3. The van der Waals surface area contributed by atoms with Gasteiger partial charge in [-0.25, -0.2) is 0 Å². The van der Waals surface area contributed by atoms with Crippen molar-refractivity contribution in [3.05, 3.63) is 0 Å². The summed E-state index contributed by atoms with van der Waals surface area (Å²) in [4.78, 5) is 15.4. The number of amides is 1. The fraction of sp³-hybridized carbons (Fsp3) is 0.938. The molecule has 0 unspecified atom stereocenters. The van der Waals surface area contributed by atoms with Gasteiger partial charge in [0.25, 0.3) is 0 Å². The van der Waals surface area contributed by atoms with Crippen LogP contribution in [0.1, 0.15) is 64.7 Å². The molecule has 0 atom stereocenters. The number of nitrogens with zero attached hydrogens (tertiary/aromatic N) is 1. The van der Waals surface area contributed by atoms with E-state index in [9.17, 15) is 4.79 Å². The molecule has 19 heavy (non-hydrogen) atoms.